The Labute approximate surface area is 178 Å². The van der Waals surface area contributed by atoms with Crippen LogP contribution in [0.3, 0.4) is 0 Å². The summed E-state index contributed by atoms with van der Waals surface area (Å²) >= 11 is 1.11. The molecule has 0 spiro atoms. The number of rotatable bonds is 4. The van der Waals surface area contributed by atoms with E-state index in [1.807, 2.05) is 0 Å². The molecule has 31 heavy (non-hydrogen) atoms. The van der Waals surface area contributed by atoms with Crippen molar-refractivity contribution < 1.29 is 18.0 Å². The van der Waals surface area contributed by atoms with Crippen LogP contribution < -0.4 is 10.9 Å². The van der Waals surface area contributed by atoms with Crippen molar-refractivity contribution in [2.45, 2.75) is 12.6 Å². The van der Waals surface area contributed by atoms with Gasteiger partial charge in [-0.25, -0.2) is 9.67 Å². The maximum absolute atomic E-state index is 12.9. The molecular formula is C21H15F3N4O2S. The van der Waals surface area contributed by atoms with Gasteiger partial charge in [-0.1, -0.05) is 30.3 Å². The number of anilines is 1. The highest BCUT2D eigenvalue weighted by Gasteiger charge is 2.30. The van der Waals surface area contributed by atoms with E-state index in [1.165, 1.54) is 23.9 Å². The molecule has 0 fully saturated rings. The van der Waals surface area contributed by atoms with Gasteiger partial charge in [0.25, 0.3) is 5.56 Å². The molecule has 0 atom stereocenters. The Kier molecular flexibility index (Phi) is 5.32. The summed E-state index contributed by atoms with van der Waals surface area (Å²) in [6.07, 6.45) is -4.54. The Morgan fingerprint density at radius 2 is 1.87 bits per heavy atom. The fourth-order valence-electron chi connectivity index (χ4n) is 3.14. The fraction of sp³-hybridized carbons (Fsp3) is 0.143. The van der Waals surface area contributed by atoms with Gasteiger partial charge >= 0.3 is 6.18 Å². The first-order valence-corrected chi connectivity index (χ1v) is 9.98. The number of hydrogen-bond acceptors (Lipinski definition) is 5. The van der Waals surface area contributed by atoms with Crippen LogP contribution in [0.4, 0.5) is 18.3 Å². The van der Waals surface area contributed by atoms with Crippen molar-refractivity contribution in [2.75, 3.05) is 5.32 Å². The highest BCUT2D eigenvalue weighted by molar-refractivity contribution is 7.14. The molecule has 1 N–H and O–H groups in total. The summed E-state index contributed by atoms with van der Waals surface area (Å²) in [6.45, 7) is 0. The van der Waals surface area contributed by atoms with E-state index in [4.69, 9.17) is 0 Å². The highest BCUT2D eigenvalue weighted by Crippen LogP contribution is 2.33. The second kappa shape index (κ2) is 7.95. The molecule has 0 unspecified atom stereocenters. The van der Waals surface area contributed by atoms with Crippen molar-refractivity contribution in [2.24, 2.45) is 7.05 Å². The van der Waals surface area contributed by atoms with Crippen molar-refractivity contribution in [3.05, 3.63) is 75.5 Å². The van der Waals surface area contributed by atoms with E-state index >= 15 is 0 Å². The number of alkyl halides is 3. The largest absolute Gasteiger partial charge is 0.416 e. The Bertz CT molecular complexity index is 1340. The molecule has 2 aromatic carbocycles. The van der Waals surface area contributed by atoms with Gasteiger partial charge < -0.3 is 5.32 Å². The van der Waals surface area contributed by atoms with Crippen LogP contribution in [-0.2, 0) is 24.4 Å². The number of nitrogens with zero attached hydrogens (tertiary/aromatic N) is 3. The lowest BCUT2D eigenvalue weighted by molar-refractivity contribution is -0.137. The van der Waals surface area contributed by atoms with Crippen molar-refractivity contribution in [1.82, 2.24) is 14.8 Å². The normalized spacial score (nSPS) is 11.6. The van der Waals surface area contributed by atoms with E-state index in [-0.39, 0.29) is 17.1 Å². The van der Waals surface area contributed by atoms with Gasteiger partial charge in [-0.3, -0.25) is 9.59 Å². The molecule has 4 rings (SSSR count). The molecule has 158 valence electrons. The Morgan fingerprint density at radius 1 is 1.13 bits per heavy atom. The smallest absolute Gasteiger partial charge is 0.302 e. The minimum absolute atomic E-state index is 0.0902. The van der Waals surface area contributed by atoms with Crippen LogP contribution in [0, 0.1) is 0 Å². The van der Waals surface area contributed by atoms with Crippen LogP contribution in [0.1, 0.15) is 11.3 Å². The predicted octanol–water partition coefficient (Wildman–Crippen LogP) is 4.26. The van der Waals surface area contributed by atoms with Crippen LogP contribution in [-0.4, -0.2) is 20.7 Å². The number of carbonyl (C=O) groups is 1. The Balaban J connectivity index is 1.54. The van der Waals surface area contributed by atoms with Crippen LogP contribution in [0.15, 0.2) is 58.7 Å². The second-order valence-corrected chi connectivity index (χ2v) is 7.62. The zero-order valence-electron chi connectivity index (χ0n) is 16.1. The first kappa shape index (κ1) is 20.7. The first-order chi connectivity index (χ1) is 14.7. The molecule has 0 aliphatic heterocycles. The molecule has 0 radical (unpaired) electrons. The van der Waals surface area contributed by atoms with E-state index in [0.717, 1.165) is 23.5 Å². The number of hydrogen-bond donors (Lipinski definition) is 1. The van der Waals surface area contributed by atoms with E-state index < -0.39 is 17.6 Å². The van der Waals surface area contributed by atoms with E-state index in [0.29, 0.717) is 27.7 Å². The van der Waals surface area contributed by atoms with Gasteiger partial charge in [0.1, 0.15) is 0 Å². The Morgan fingerprint density at radius 3 is 2.61 bits per heavy atom. The van der Waals surface area contributed by atoms with Gasteiger partial charge in [0.05, 0.1) is 28.8 Å². The quantitative estimate of drug-likeness (QED) is 0.510. The van der Waals surface area contributed by atoms with Crippen molar-refractivity contribution in [1.29, 1.82) is 0 Å². The standard InChI is InChI=1S/C21H15F3N4O2S/c1-28-19(30)15-8-3-2-7-14(15)16(27-28)10-18(29)26-20-25-17(11-31-20)12-5-4-6-13(9-12)21(22,23)24/h2-9,11H,10H2,1H3,(H,25,26,29). The van der Waals surface area contributed by atoms with Gasteiger partial charge in [-0.15, -0.1) is 11.3 Å². The number of amides is 1. The van der Waals surface area contributed by atoms with E-state index in [2.05, 4.69) is 15.4 Å². The third-order valence-electron chi connectivity index (χ3n) is 4.60. The maximum atomic E-state index is 12.9. The molecule has 0 aliphatic carbocycles. The minimum atomic E-state index is -4.45. The number of fused-ring (bicyclic) bond motifs is 1. The first-order valence-electron chi connectivity index (χ1n) is 9.10. The molecule has 4 aromatic rings. The van der Waals surface area contributed by atoms with Crippen LogP contribution in [0.2, 0.25) is 0 Å². The summed E-state index contributed by atoms with van der Waals surface area (Å²) in [7, 11) is 1.51. The number of halogens is 3. The topological polar surface area (TPSA) is 76.9 Å². The molecule has 10 heteroatoms. The summed E-state index contributed by atoms with van der Waals surface area (Å²) in [6, 6.07) is 11.7. The van der Waals surface area contributed by atoms with Crippen molar-refractivity contribution in [3.8, 4) is 11.3 Å². The number of benzene rings is 2. The Hall–Kier alpha value is -3.53. The monoisotopic (exact) mass is 444 g/mol. The number of thiazole rings is 1. The summed E-state index contributed by atoms with van der Waals surface area (Å²) in [5.74, 6) is -0.402. The predicted molar refractivity (Wildman–Crippen MR) is 112 cm³/mol. The number of carbonyl (C=O) groups excluding carboxylic acids is 1. The maximum Gasteiger partial charge on any atom is 0.416 e. The minimum Gasteiger partial charge on any atom is -0.302 e. The summed E-state index contributed by atoms with van der Waals surface area (Å²) in [5.41, 5.74) is 0.0425. The van der Waals surface area contributed by atoms with Gasteiger partial charge in [0, 0.05) is 23.4 Å². The molecule has 0 saturated heterocycles. The van der Waals surface area contributed by atoms with Crippen molar-refractivity contribution >= 4 is 33.1 Å². The van der Waals surface area contributed by atoms with E-state index in [9.17, 15) is 22.8 Å². The lowest BCUT2D eigenvalue weighted by Crippen LogP contribution is -2.24. The third kappa shape index (κ3) is 4.33. The summed E-state index contributed by atoms with van der Waals surface area (Å²) < 4.78 is 40.0. The lowest BCUT2D eigenvalue weighted by Gasteiger charge is -2.08. The number of nitrogens with one attached hydrogen (secondary N) is 1. The van der Waals surface area contributed by atoms with Gasteiger partial charge in [-0.05, 0) is 18.2 Å². The molecule has 2 aromatic heterocycles. The average molecular weight is 444 g/mol. The summed E-state index contributed by atoms with van der Waals surface area (Å²) in [4.78, 5) is 29.0. The SMILES string of the molecule is Cn1nc(CC(=O)Nc2nc(-c3cccc(C(F)(F)F)c3)cs2)c2ccccc2c1=O. The van der Waals surface area contributed by atoms with Crippen LogP contribution in [0.25, 0.3) is 22.0 Å². The third-order valence-corrected chi connectivity index (χ3v) is 5.35. The molecule has 0 aliphatic rings. The molecular weight excluding hydrogens is 429 g/mol. The second-order valence-electron chi connectivity index (χ2n) is 6.76. The number of aryl methyl sites for hydroxylation is 1. The molecule has 2 heterocycles. The summed E-state index contributed by atoms with van der Waals surface area (Å²) in [5, 5.41) is 9.71. The molecule has 0 saturated carbocycles. The molecule has 6 nitrogen and oxygen atoms in total. The fourth-order valence-corrected chi connectivity index (χ4v) is 3.88. The van der Waals surface area contributed by atoms with Gasteiger partial charge in [0.2, 0.25) is 5.91 Å². The number of aromatic nitrogens is 3. The average Bonchev–Trinajstić information content (AvgIpc) is 3.20. The van der Waals surface area contributed by atoms with Crippen molar-refractivity contribution in [3.63, 3.8) is 0 Å². The van der Waals surface area contributed by atoms with Gasteiger partial charge in [0.15, 0.2) is 5.13 Å². The zero-order chi connectivity index (χ0) is 22.2. The van der Waals surface area contributed by atoms with Gasteiger partial charge in [-0.2, -0.15) is 18.3 Å². The van der Waals surface area contributed by atoms with Crippen LogP contribution in [0.5, 0.6) is 0 Å². The van der Waals surface area contributed by atoms with E-state index in [1.54, 1.807) is 29.6 Å². The van der Waals surface area contributed by atoms with Crippen LogP contribution >= 0.6 is 11.3 Å². The molecule has 1 amide bonds. The molecule has 0 bridgehead atoms. The zero-order valence-corrected chi connectivity index (χ0v) is 16.9. The lowest BCUT2D eigenvalue weighted by atomic mass is 10.1. The highest BCUT2D eigenvalue weighted by atomic mass is 32.1.